The number of carbonyl (C=O) groups is 2. The summed E-state index contributed by atoms with van der Waals surface area (Å²) in [6.45, 7) is 11.1. The standard InChI is InChI=1S/C26H36O6S/c1-7-31-23(27)26(24(28)32-8-2)18-25(26,6)22(17-20(5)14-12-13-19(3)4)33(29,30)21-15-10-9-11-16-21/h9-11,13,15-17,22H,7-8,12,14,18H2,1-6H3/b20-17+. The van der Waals surface area contributed by atoms with E-state index < -0.39 is 37.9 Å². The molecule has 6 nitrogen and oxygen atoms in total. The van der Waals surface area contributed by atoms with E-state index in [0.29, 0.717) is 6.42 Å². The van der Waals surface area contributed by atoms with E-state index in [0.717, 1.165) is 12.0 Å². The molecule has 1 aliphatic carbocycles. The Morgan fingerprint density at radius 2 is 1.58 bits per heavy atom. The first-order valence-electron chi connectivity index (χ1n) is 11.4. The molecule has 0 bridgehead atoms. The van der Waals surface area contributed by atoms with E-state index in [1.54, 1.807) is 45.0 Å². The van der Waals surface area contributed by atoms with Crippen LogP contribution in [0.5, 0.6) is 0 Å². The number of sulfone groups is 1. The van der Waals surface area contributed by atoms with E-state index in [2.05, 4.69) is 6.08 Å². The third kappa shape index (κ3) is 5.40. The lowest BCUT2D eigenvalue weighted by Gasteiger charge is -2.27. The molecule has 1 aliphatic rings. The molecule has 1 aromatic carbocycles. The van der Waals surface area contributed by atoms with Crippen molar-refractivity contribution in [2.75, 3.05) is 13.2 Å². The molecule has 0 saturated heterocycles. The fourth-order valence-corrected chi connectivity index (χ4v) is 6.57. The van der Waals surface area contributed by atoms with Crippen LogP contribution < -0.4 is 0 Å². The van der Waals surface area contributed by atoms with Gasteiger partial charge in [0.1, 0.15) is 0 Å². The second-order valence-electron chi connectivity index (χ2n) is 9.05. The van der Waals surface area contributed by atoms with Crippen LogP contribution in [0.4, 0.5) is 0 Å². The Hall–Kier alpha value is -2.41. The highest BCUT2D eigenvalue weighted by atomic mass is 32.2. The summed E-state index contributed by atoms with van der Waals surface area (Å²) in [5, 5.41) is -1.09. The smallest absolute Gasteiger partial charge is 0.324 e. The Labute approximate surface area is 198 Å². The highest BCUT2D eigenvalue weighted by Crippen LogP contribution is 2.69. The highest BCUT2D eigenvalue weighted by Gasteiger charge is 2.80. The van der Waals surface area contributed by atoms with Crippen LogP contribution in [0.2, 0.25) is 0 Å². The van der Waals surface area contributed by atoms with Crippen molar-refractivity contribution in [2.45, 2.75) is 71.0 Å². The topological polar surface area (TPSA) is 86.7 Å². The number of ether oxygens (including phenoxy) is 2. The van der Waals surface area contributed by atoms with Crippen LogP contribution in [0.3, 0.4) is 0 Å². The molecule has 1 fully saturated rings. The molecule has 33 heavy (non-hydrogen) atoms. The summed E-state index contributed by atoms with van der Waals surface area (Å²) in [6, 6.07) is 8.14. The van der Waals surface area contributed by atoms with Crippen LogP contribution in [0.15, 0.2) is 58.5 Å². The number of benzene rings is 1. The Morgan fingerprint density at radius 1 is 1.03 bits per heavy atom. The van der Waals surface area contributed by atoms with Crippen molar-refractivity contribution in [3.05, 3.63) is 53.6 Å². The maximum atomic E-state index is 13.8. The first-order valence-corrected chi connectivity index (χ1v) is 13.0. The fraction of sp³-hybridized carbons (Fsp3) is 0.538. The average Bonchev–Trinajstić information content (AvgIpc) is 3.40. The molecule has 0 spiro atoms. The van der Waals surface area contributed by atoms with Crippen molar-refractivity contribution in [3.63, 3.8) is 0 Å². The Morgan fingerprint density at radius 3 is 2.06 bits per heavy atom. The van der Waals surface area contributed by atoms with Gasteiger partial charge in [0.25, 0.3) is 0 Å². The van der Waals surface area contributed by atoms with Crippen molar-refractivity contribution < 1.29 is 27.5 Å². The van der Waals surface area contributed by atoms with E-state index in [-0.39, 0.29) is 24.5 Å². The van der Waals surface area contributed by atoms with Gasteiger partial charge in [0.05, 0.1) is 23.4 Å². The molecule has 0 N–H and O–H groups in total. The van der Waals surface area contributed by atoms with Gasteiger partial charge in [-0.25, -0.2) is 8.42 Å². The SMILES string of the molecule is CCOC(=O)C1(C(=O)OCC)CC1(C)C(/C=C(\C)CCC=C(C)C)S(=O)(=O)c1ccccc1. The third-order valence-corrected chi connectivity index (χ3v) is 8.55. The molecule has 0 radical (unpaired) electrons. The molecule has 7 heteroatoms. The van der Waals surface area contributed by atoms with Crippen LogP contribution >= 0.6 is 0 Å². The molecule has 2 unspecified atom stereocenters. The minimum atomic E-state index is -3.91. The predicted molar refractivity (Wildman–Crippen MR) is 128 cm³/mol. The Bertz CT molecular complexity index is 1000. The molecule has 1 saturated carbocycles. The minimum absolute atomic E-state index is 0.0478. The van der Waals surface area contributed by atoms with Crippen LogP contribution in [0.25, 0.3) is 0 Å². The van der Waals surface area contributed by atoms with Gasteiger partial charge in [0.15, 0.2) is 15.3 Å². The first-order chi connectivity index (χ1) is 15.5. The van der Waals surface area contributed by atoms with Crippen LogP contribution in [0, 0.1) is 10.8 Å². The van der Waals surface area contributed by atoms with E-state index in [1.807, 2.05) is 20.8 Å². The molecule has 0 amide bonds. The largest absolute Gasteiger partial charge is 0.465 e. The molecule has 0 heterocycles. The summed E-state index contributed by atoms with van der Waals surface area (Å²) in [5.74, 6) is -1.45. The molecule has 2 rings (SSSR count). The van der Waals surface area contributed by atoms with Gasteiger partial charge in [-0.3, -0.25) is 9.59 Å². The van der Waals surface area contributed by atoms with Crippen molar-refractivity contribution in [2.24, 2.45) is 10.8 Å². The van der Waals surface area contributed by atoms with Gasteiger partial charge in [-0.2, -0.15) is 0 Å². The Kier molecular flexibility index (Phi) is 8.69. The van der Waals surface area contributed by atoms with Gasteiger partial charge in [-0.05, 0) is 66.0 Å². The second kappa shape index (κ2) is 10.7. The lowest BCUT2D eigenvalue weighted by atomic mass is 9.89. The molecular formula is C26H36O6S. The second-order valence-corrected chi connectivity index (χ2v) is 11.1. The number of carbonyl (C=O) groups excluding carboxylic acids is 2. The third-order valence-electron chi connectivity index (χ3n) is 6.29. The highest BCUT2D eigenvalue weighted by molar-refractivity contribution is 7.92. The maximum absolute atomic E-state index is 13.8. The minimum Gasteiger partial charge on any atom is -0.465 e. The number of hydrogen-bond acceptors (Lipinski definition) is 6. The lowest BCUT2D eigenvalue weighted by Crippen LogP contribution is -2.41. The van der Waals surface area contributed by atoms with E-state index in [4.69, 9.17) is 9.47 Å². The van der Waals surface area contributed by atoms with Crippen molar-refractivity contribution in [1.29, 1.82) is 0 Å². The van der Waals surface area contributed by atoms with E-state index in [1.165, 1.54) is 17.7 Å². The van der Waals surface area contributed by atoms with Gasteiger partial charge >= 0.3 is 11.9 Å². The van der Waals surface area contributed by atoms with Crippen molar-refractivity contribution in [3.8, 4) is 0 Å². The zero-order chi connectivity index (χ0) is 24.9. The lowest BCUT2D eigenvalue weighted by molar-refractivity contribution is -0.166. The number of allylic oxidation sites excluding steroid dienone is 3. The van der Waals surface area contributed by atoms with Gasteiger partial charge in [0, 0.05) is 5.41 Å². The molecule has 0 aromatic heterocycles. The zero-order valence-electron chi connectivity index (χ0n) is 20.5. The van der Waals surface area contributed by atoms with Gasteiger partial charge in [-0.15, -0.1) is 0 Å². The molecule has 1 aromatic rings. The molecule has 182 valence electrons. The summed E-state index contributed by atoms with van der Waals surface area (Å²) in [7, 11) is -3.91. The number of rotatable bonds is 11. The summed E-state index contributed by atoms with van der Waals surface area (Å²) < 4.78 is 38.1. The monoisotopic (exact) mass is 476 g/mol. The quantitative estimate of drug-likeness (QED) is 0.252. The number of hydrogen-bond donors (Lipinski definition) is 0. The van der Waals surface area contributed by atoms with Crippen molar-refractivity contribution >= 4 is 21.8 Å². The fourth-order valence-electron chi connectivity index (χ4n) is 4.36. The Balaban J connectivity index is 2.60. The van der Waals surface area contributed by atoms with E-state index >= 15 is 0 Å². The summed E-state index contributed by atoms with van der Waals surface area (Å²) in [6.07, 6.45) is 5.31. The van der Waals surface area contributed by atoms with Gasteiger partial charge < -0.3 is 9.47 Å². The maximum Gasteiger partial charge on any atom is 0.324 e. The molecule has 2 atom stereocenters. The summed E-state index contributed by atoms with van der Waals surface area (Å²) in [4.78, 5) is 26.2. The van der Waals surface area contributed by atoms with Crippen LogP contribution in [-0.4, -0.2) is 38.8 Å². The average molecular weight is 477 g/mol. The zero-order valence-corrected chi connectivity index (χ0v) is 21.3. The summed E-state index contributed by atoms with van der Waals surface area (Å²) >= 11 is 0. The normalized spacial score (nSPS) is 20.5. The van der Waals surface area contributed by atoms with Crippen LogP contribution in [-0.2, 0) is 28.9 Å². The van der Waals surface area contributed by atoms with E-state index in [9.17, 15) is 18.0 Å². The van der Waals surface area contributed by atoms with Crippen molar-refractivity contribution in [1.82, 2.24) is 0 Å². The van der Waals surface area contributed by atoms with Gasteiger partial charge in [-0.1, -0.05) is 48.4 Å². The summed E-state index contributed by atoms with van der Waals surface area (Å²) in [5.41, 5.74) is -0.777. The number of esters is 2. The predicted octanol–water partition coefficient (Wildman–Crippen LogP) is 5.04. The first kappa shape index (κ1) is 26.8. The van der Waals surface area contributed by atoms with Crippen LogP contribution in [0.1, 0.15) is 60.8 Å². The molecule has 0 aliphatic heterocycles. The molecular weight excluding hydrogens is 440 g/mol. The van der Waals surface area contributed by atoms with Gasteiger partial charge in [0.2, 0.25) is 0 Å².